The third-order valence-corrected chi connectivity index (χ3v) is 5.85. The summed E-state index contributed by atoms with van der Waals surface area (Å²) in [5.41, 5.74) is -0.418. The number of aryl methyl sites for hydroxylation is 1. The molecular formula is C14H13FO4S2. The van der Waals surface area contributed by atoms with Crippen LogP contribution in [-0.2, 0) is 16.3 Å². The van der Waals surface area contributed by atoms with Crippen LogP contribution in [0.4, 0.5) is 4.39 Å². The van der Waals surface area contributed by atoms with Gasteiger partial charge in [0.1, 0.15) is 5.82 Å². The molecule has 1 aromatic heterocycles. The average molecular weight is 328 g/mol. The number of carboxylic acid groups (broad SMARTS) is 1. The van der Waals surface area contributed by atoms with Crippen molar-refractivity contribution in [3.8, 4) is 0 Å². The number of hydrogen-bond donors (Lipinski definition) is 1. The van der Waals surface area contributed by atoms with Gasteiger partial charge in [-0.25, -0.2) is 17.6 Å². The quantitative estimate of drug-likeness (QED) is 0.916. The number of sulfone groups is 1. The summed E-state index contributed by atoms with van der Waals surface area (Å²) in [5, 5.41) is 10.8. The lowest BCUT2D eigenvalue weighted by atomic mass is 10.1. The van der Waals surface area contributed by atoms with E-state index in [0.717, 1.165) is 17.0 Å². The first-order chi connectivity index (χ1) is 9.81. The van der Waals surface area contributed by atoms with Crippen LogP contribution < -0.4 is 0 Å². The number of aromatic carboxylic acids is 1. The number of benzene rings is 1. The van der Waals surface area contributed by atoms with Crippen molar-refractivity contribution >= 4 is 27.1 Å². The van der Waals surface area contributed by atoms with E-state index in [2.05, 4.69) is 0 Å². The van der Waals surface area contributed by atoms with Crippen LogP contribution in [0.1, 0.15) is 20.8 Å². The van der Waals surface area contributed by atoms with E-state index in [0.29, 0.717) is 6.42 Å². The van der Waals surface area contributed by atoms with Crippen molar-refractivity contribution in [1.82, 2.24) is 0 Å². The molecule has 1 heterocycles. The highest BCUT2D eigenvalue weighted by atomic mass is 32.2. The topological polar surface area (TPSA) is 71.4 Å². The van der Waals surface area contributed by atoms with Crippen molar-refractivity contribution in [2.75, 3.05) is 5.75 Å². The van der Waals surface area contributed by atoms with Gasteiger partial charge in [0.2, 0.25) is 0 Å². The van der Waals surface area contributed by atoms with Crippen LogP contribution in [0, 0.1) is 12.7 Å². The van der Waals surface area contributed by atoms with E-state index in [1.54, 1.807) is 0 Å². The average Bonchev–Trinajstić information content (AvgIpc) is 2.92. The first-order valence-corrected chi connectivity index (χ1v) is 8.63. The predicted molar refractivity (Wildman–Crippen MR) is 78.2 cm³/mol. The van der Waals surface area contributed by atoms with Crippen molar-refractivity contribution in [1.29, 1.82) is 0 Å². The van der Waals surface area contributed by atoms with Gasteiger partial charge < -0.3 is 5.11 Å². The Hall–Kier alpha value is -1.73. The van der Waals surface area contributed by atoms with Crippen molar-refractivity contribution in [2.24, 2.45) is 0 Å². The highest BCUT2D eigenvalue weighted by molar-refractivity contribution is 7.91. The Morgan fingerprint density at radius 2 is 2.10 bits per heavy atom. The van der Waals surface area contributed by atoms with Gasteiger partial charge in [0, 0.05) is 10.4 Å². The molecule has 112 valence electrons. The van der Waals surface area contributed by atoms with Gasteiger partial charge in [-0.15, -0.1) is 11.3 Å². The molecule has 0 aliphatic rings. The maximum atomic E-state index is 13.7. The fraction of sp³-hybridized carbons (Fsp3) is 0.214. The number of thiophene rings is 1. The molecule has 0 fully saturated rings. The molecule has 0 radical (unpaired) electrons. The van der Waals surface area contributed by atoms with Gasteiger partial charge in [-0.3, -0.25) is 0 Å². The molecule has 4 nitrogen and oxygen atoms in total. The van der Waals surface area contributed by atoms with Gasteiger partial charge in [-0.2, -0.15) is 0 Å². The highest BCUT2D eigenvalue weighted by Crippen LogP contribution is 2.23. The predicted octanol–water partition coefficient (Wildman–Crippen LogP) is 2.91. The smallest absolute Gasteiger partial charge is 0.335 e. The Morgan fingerprint density at radius 3 is 2.67 bits per heavy atom. The molecule has 0 unspecified atom stereocenters. The van der Waals surface area contributed by atoms with Crippen LogP contribution in [-0.4, -0.2) is 25.2 Å². The van der Waals surface area contributed by atoms with Crippen LogP contribution in [0.3, 0.4) is 0 Å². The molecule has 2 rings (SSSR count). The Morgan fingerprint density at radius 1 is 1.38 bits per heavy atom. The minimum absolute atomic E-state index is 0.0498. The minimum Gasteiger partial charge on any atom is -0.478 e. The molecular weight excluding hydrogens is 315 g/mol. The van der Waals surface area contributed by atoms with Crippen molar-refractivity contribution in [3.05, 3.63) is 51.5 Å². The Bertz CT molecular complexity index is 765. The molecule has 0 spiro atoms. The van der Waals surface area contributed by atoms with Crippen LogP contribution >= 0.6 is 11.3 Å². The summed E-state index contributed by atoms with van der Waals surface area (Å²) in [6, 6.07) is 5.49. The summed E-state index contributed by atoms with van der Waals surface area (Å²) in [5.74, 6) is -2.37. The van der Waals surface area contributed by atoms with E-state index in [4.69, 9.17) is 5.11 Å². The van der Waals surface area contributed by atoms with E-state index in [1.807, 2.05) is 17.5 Å². The van der Waals surface area contributed by atoms with Gasteiger partial charge in [0.15, 0.2) is 9.84 Å². The molecule has 1 aromatic carbocycles. The van der Waals surface area contributed by atoms with Gasteiger partial charge in [-0.05, 0) is 36.9 Å². The lowest BCUT2D eigenvalue weighted by molar-refractivity contribution is 0.0696. The summed E-state index contributed by atoms with van der Waals surface area (Å²) in [7, 11) is -3.74. The third kappa shape index (κ3) is 3.48. The van der Waals surface area contributed by atoms with E-state index < -0.39 is 21.6 Å². The third-order valence-electron chi connectivity index (χ3n) is 3.08. The van der Waals surface area contributed by atoms with Crippen LogP contribution in [0.15, 0.2) is 34.5 Å². The number of halogens is 1. The van der Waals surface area contributed by atoms with Crippen molar-refractivity contribution in [3.63, 3.8) is 0 Å². The zero-order chi connectivity index (χ0) is 15.6. The molecule has 0 aliphatic heterocycles. The first kappa shape index (κ1) is 15.7. The minimum atomic E-state index is -3.74. The standard InChI is InChI=1S/C14H13FO4S2/c1-9-12(15)7-10(14(16)17)8-13(9)21(18,19)6-4-11-3-2-5-20-11/h2-3,5,7-8H,4,6H2,1H3,(H,16,17). The largest absolute Gasteiger partial charge is 0.478 e. The molecule has 7 heteroatoms. The van der Waals surface area contributed by atoms with E-state index in [-0.39, 0.29) is 21.8 Å². The summed E-state index contributed by atoms with van der Waals surface area (Å²) in [6.45, 7) is 1.33. The fourth-order valence-corrected chi connectivity index (χ4v) is 4.32. The van der Waals surface area contributed by atoms with Gasteiger partial charge in [-0.1, -0.05) is 6.07 Å². The molecule has 0 aliphatic carbocycles. The summed E-state index contributed by atoms with van der Waals surface area (Å²) in [6.07, 6.45) is 0.318. The second-order valence-electron chi connectivity index (χ2n) is 4.53. The zero-order valence-corrected chi connectivity index (χ0v) is 12.8. The summed E-state index contributed by atoms with van der Waals surface area (Å²) < 4.78 is 38.4. The number of carboxylic acids is 1. The van der Waals surface area contributed by atoms with Crippen LogP contribution in [0.5, 0.6) is 0 Å². The van der Waals surface area contributed by atoms with E-state index >= 15 is 0 Å². The normalized spacial score (nSPS) is 11.5. The Balaban J connectivity index is 2.37. The molecule has 0 bridgehead atoms. The van der Waals surface area contributed by atoms with Crippen molar-refractivity contribution < 1.29 is 22.7 Å². The maximum absolute atomic E-state index is 13.7. The second-order valence-corrected chi connectivity index (χ2v) is 7.64. The molecule has 1 N–H and O–H groups in total. The number of hydrogen-bond acceptors (Lipinski definition) is 4. The Kier molecular flexibility index (Phi) is 4.43. The SMILES string of the molecule is Cc1c(F)cc(C(=O)O)cc1S(=O)(=O)CCc1cccs1. The molecule has 2 aromatic rings. The van der Waals surface area contributed by atoms with Crippen molar-refractivity contribution in [2.45, 2.75) is 18.2 Å². The van der Waals surface area contributed by atoms with Gasteiger partial charge >= 0.3 is 5.97 Å². The molecule has 0 atom stereocenters. The monoisotopic (exact) mass is 328 g/mol. The lowest BCUT2D eigenvalue weighted by Gasteiger charge is -2.09. The second kappa shape index (κ2) is 5.95. The maximum Gasteiger partial charge on any atom is 0.335 e. The van der Waals surface area contributed by atoms with E-state index in [9.17, 15) is 17.6 Å². The summed E-state index contributed by atoms with van der Waals surface area (Å²) >= 11 is 1.44. The zero-order valence-electron chi connectivity index (χ0n) is 11.2. The number of rotatable bonds is 5. The van der Waals surface area contributed by atoms with Gasteiger partial charge in [0.25, 0.3) is 0 Å². The van der Waals surface area contributed by atoms with Crippen LogP contribution in [0.25, 0.3) is 0 Å². The molecule has 21 heavy (non-hydrogen) atoms. The lowest BCUT2D eigenvalue weighted by Crippen LogP contribution is -2.13. The first-order valence-electron chi connectivity index (χ1n) is 6.10. The molecule has 0 saturated carbocycles. The van der Waals surface area contributed by atoms with Gasteiger partial charge in [0.05, 0.1) is 16.2 Å². The molecule has 0 amide bonds. The Labute approximate surface area is 125 Å². The highest BCUT2D eigenvalue weighted by Gasteiger charge is 2.22. The fourth-order valence-electron chi connectivity index (χ4n) is 1.90. The molecule has 0 saturated heterocycles. The van der Waals surface area contributed by atoms with Crippen LogP contribution in [0.2, 0.25) is 0 Å². The van der Waals surface area contributed by atoms with E-state index in [1.165, 1.54) is 18.3 Å². The number of carbonyl (C=O) groups is 1. The summed E-state index contributed by atoms with van der Waals surface area (Å²) in [4.78, 5) is 11.6.